The number of Topliss-reactive ketones (excluding diaryl/α,β-unsaturated/α-hetero) is 1. The third-order valence-electron chi connectivity index (χ3n) is 5.35. The first-order valence-corrected chi connectivity index (χ1v) is 9.59. The summed E-state index contributed by atoms with van der Waals surface area (Å²) in [5.74, 6) is -2.26. The number of carbonyl (C=O) groups is 2. The number of nitrogens with zero attached hydrogens (tertiary/aromatic N) is 1. The van der Waals surface area contributed by atoms with Gasteiger partial charge >= 0.3 is 5.91 Å². The standard InChI is InChI=1S/C25H21NO4/c1-16-13-14-20(17(2)15-16)26-24(29)23(28)21(22(27)18-9-5-3-6-10-18)25(26,30)19-11-7-4-8-12-19/h3-15,27,30H,1-2H3/b22-21-/t25-/m0/s1. The first-order valence-electron chi connectivity index (χ1n) is 9.59. The number of aryl methyl sites for hydroxylation is 2. The fourth-order valence-corrected chi connectivity index (χ4v) is 3.92. The van der Waals surface area contributed by atoms with E-state index in [1.807, 2.05) is 26.0 Å². The van der Waals surface area contributed by atoms with Crippen LogP contribution < -0.4 is 4.90 Å². The van der Waals surface area contributed by atoms with Crippen LogP contribution >= 0.6 is 0 Å². The molecule has 0 bridgehead atoms. The molecule has 30 heavy (non-hydrogen) atoms. The number of ketones is 1. The number of aliphatic hydroxyl groups is 2. The van der Waals surface area contributed by atoms with E-state index in [0.29, 0.717) is 16.8 Å². The monoisotopic (exact) mass is 399 g/mol. The molecule has 2 N–H and O–H groups in total. The Hall–Kier alpha value is -3.70. The van der Waals surface area contributed by atoms with Gasteiger partial charge in [-0.05, 0) is 25.5 Å². The highest BCUT2D eigenvalue weighted by Crippen LogP contribution is 2.46. The van der Waals surface area contributed by atoms with Crippen molar-refractivity contribution in [2.75, 3.05) is 4.90 Å². The van der Waals surface area contributed by atoms with Crippen molar-refractivity contribution in [3.05, 3.63) is 107 Å². The third-order valence-corrected chi connectivity index (χ3v) is 5.35. The normalized spacial score (nSPS) is 20.6. The number of rotatable bonds is 3. The molecule has 1 heterocycles. The van der Waals surface area contributed by atoms with Crippen molar-refractivity contribution in [3.63, 3.8) is 0 Å². The van der Waals surface area contributed by atoms with E-state index in [9.17, 15) is 19.8 Å². The van der Waals surface area contributed by atoms with Crippen LogP contribution in [0.1, 0.15) is 22.3 Å². The summed E-state index contributed by atoms with van der Waals surface area (Å²) in [6, 6.07) is 22.2. The van der Waals surface area contributed by atoms with Crippen LogP contribution in [-0.2, 0) is 15.3 Å². The van der Waals surface area contributed by atoms with Crippen LogP contribution in [0.25, 0.3) is 5.76 Å². The first-order chi connectivity index (χ1) is 14.4. The molecule has 1 atom stereocenters. The summed E-state index contributed by atoms with van der Waals surface area (Å²) in [6.07, 6.45) is 0. The Kier molecular flexibility index (Phi) is 4.76. The third kappa shape index (κ3) is 2.91. The predicted molar refractivity (Wildman–Crippen MR) is 115 cm³/mol. The lowest BCUT2D eigenvalue weighted by atomic mass is 9.91. The van der Waals surface area contributed by atoms with Crippen molar-refractivity contribution in [3.8, 4) is 0 Å². The fourth-order valence-electron chi connectivity index (χ4n) is 3.92. The molecular weight excluding hydrogens is 378 g/mol. The minimum atomic E-state index is -2.16. The lowest BCUT2D eigenvalue weighted by Gasteiger charge is -2.35. The van der Waals surface area contributed by atoms with E-state index < -0.39 is 23.2 Å². The summed E-state index contributed by atoms with van der Waals surface area (Å²) in [6.45, 7) is 3.73. The molecule has 1 aliphatic rings. The zero-order chi connectivity index (χ0) is 21.5. The molecule has 0 unspecified atom stereocenters. The topological polar surface area (TPSA) is 77.8 Å². The van der Waals surface area contributed by atoms with E-state index >= 15 is 0 Å². The van der Waals surface area contributed by atoms with Crippen LogP contribution in [0.5, 0.6) is 0 Å². The van der Waals surface area contributed by atoms with Crippen molar-refractivity contribution in [2.45, 2.75) is 19.6 Å². The number of hydrogen-bond donors (Lipinski definition) is 2. The largest absolute Gasteiger partial charge is 0.507 e. The summed E-state index contributed by atoms with van der Waals surface area (Å²) in [5.41, 5.74) is 0.250. The molecular formula is C25H21NO4. The molecule has 0 aromatic heterocycles. The Morgan fingerprint density at radius 3 is 2.07 bits per heavy atom. The Labute approximate surface area is 174 Å². The maximum Gasteiger partial charge on any atom is 0.302 e. The van der Waals surface area contributed by atoms with Gasteiger partial charge in [-0.3, -0.25) is 14.5 Å². The number of hydrogen-bond acceptors (Lipinski definition) is 4. The van der Waals surface area contributed by atoms with Gasteiger partial charge in [-0.25, -0.2) is 0 Å². The van der Waals surface area contributed by atoms with Gasteiger partial charge in [-0.2, -0.15) is 0 Å². The van der Waals surface area contributed by atoms with Gasteiger partial charge in [0, 0.05) is 11.1 Å². The van der Waals surface area contributed by atoms with Gasteiger partial charge in [0.15, 0.2) is 0 Å². The second kappa shape index (κ2) is 7.28. The van der Waals surface area contributed by atoms with E-state index in [2.05, 4.69) is 0 Å². The summed E-state index contributed by atoms with van der Waals surface area (Å²) >= 11 is 0. The maximum atomic E-state index is 13.1. The maximum absolute atomic E-state index is 13.1. The Morgan fingerprint density at radius 1 is 0.867 bits per heavy atom. The molecule has 1 aliphatic heterocycles. The van der Waals surface area contributed by atoms with E-state index in [4.69, 9.17) is 0 Å². The first kappa shape index (κ1) is 19.6. The van der Waals surface area contributed by atoms with E-state index in [-0.39, 0.29) is 5.57 Å². The van der Waals surface area contributed by atoms with Crippen molar-refractivity contribution in [1.29, 1.82) is 0 Å². The van der Waals surface area contributed by atoms with Crippen LogP contribution in [0.15, 0.2) is 84.4 Å². The van der Waals surface area contributed by atoms with Gasteiger partial charge in [0.2, 0.25) is 5.72 Å². The Morgan fingerprint density at radius 2 is 1.47 bits per heavy atom. The summed E-state index contributed by atoms with van der Waals surface area (Å²) in [5, 5.41) is 23.0. The molecule has 0 radical (unpaired) electrons. The molecule has 1 saturated heterocycles. The number of benzene rings is 3. The second-order valence-electron chi connectivity index (χ2n) is 7.39. The highest BCUT2D eigenvalue weighted by atomic mass is 16.3. The van der Waals surface area contributed by atoms with Gasteiger partial charge in [0.1, 0.15) is 11.3 Å². The second-order valence-corrected chi connectivity index (χ2v) is 7.39. The van der Waals surface area contributed by atoms with Gasteiger partial charge in [-0.15, -0.1) is 0 Å². The zero-order valence-corrected chi connectivity index (χ0v) is 16.7. The summed E-state index contributed by atoms with van der Waals surface area (Å²) in [4.78, 5) is 27.3. The highest BCUT2D eigenvalue weighted by Gasteiger charge is 2.58. The van der Waals surface area contributed by atoms with Crippen LogP contribution in [-0.4, -0.2) is 21.9 Å². The Balaban J connectivity index is 2.04. The average Bonchev–Trinajstić information content (AvgIpc) is 2.96. The molecule has 4 rings (SSSR count). The fraction of sp³-hybridized carbons (Fsp3) is 0.120. The molecule has 150 valence electrons. The van der Waals surface area contributed by atoms with Crippen LogP contribution in [0.3, 0.4) is 0 Å². The molecule has 0 aliphatic carbocycles. The van der Waals surface area contributed by atoms with Crippen LogP contribution in [0.4, 0.5) is 5.69 Å². The van der Waals surface area contributed by atoms with Crippen molar-refractivity contribution < 1.29 is 19.8 Å². The quantitative estimate of drug-likeness (QED) is 0.396. The summed E-state index contributed by atoms with van der Waals surface area (Å²) < 4.78 is 0. The van der Waals surface area contributed by atoms with E-state index in [1.165, 1.54) is 0 Å². The van der Waals surface area contributed by atoms with Crippen molar-refractivity contribution >= 4 is 23.1 Å². The molecule has 0 spiro atoms. The van der Waals surface area contributed by atoms with Gasteiger partial charge < -0.3 is 10.2 Å². The molecule has 3 aromatic rings. The van der Waals surface area contributed by atoms with Crippen molar-refractivity contribution in [1.82, 2.24) is 0 Å². The van der Waals surface area contributed by atoms with Crippen molar-refractivity contribution in [2.24, 2.45) is 0 Å². The molecule has 1 fully saturated rings. The van der Waals surface area contributed by atoms with E-state index in [0.717, 1.165) is 16.0 Å². The molecule has 5 heteroatoms. The number of amides is 1. The molecule has 3 aromatic carbocycles. The smallest absolute Gasteiger partial charge is 0.302 e. The van der Waals surface area contributed by atoms with Crippen LogP contribution in [0, 0.1) is 13.8 Å². The zero-order valence-electron chi connectivity index (χ0n) is 16.7. The van der Waals surface area contributed by atoms with Gasteiger partial charge in [-0.1, -0.05) is 78.4 Å². The Bertz CT molecular complexity index is 1170. The molecule has 0 saturated carbocycles. The number of carbonyl (C=O) groups excluding carboxylic acids is 2. The minimum absolute atomic E-state index is 0.307. The van der Waals surface area contributed by atoms with Gasteiger partial charge in [0.05, 0.1) is 5.69 Å². The van der Waals surface area contributed by atoms with Gasteiger partial charge in [0.25, 0.3) is 5.78 Å². The minimum Gasteiger partial charge on any atom is -0.507 e. The van der Waals surface area contributed by atoms with E-state index in [1.54, 1.807) is 66.7 Å². The lowest BCUT2D eigenvalue weighted by Crippen LogP contribution is -2.45. The number of anilines is 1. The van der Waals surface area contributed by atoms with Crippen LogP contribution in [0.2, 0.25) is 0 Å². The average molecular weight is 399 g/mol. The predicted octanol–water partition coefficient (Wildman–Crippen LogP) is 4.03. The number of aliphatic hydroxyl groups excluding tert-OH is 1. The summed E-state index contributed by atoms with van der Waals surface area (Å²) in [7, 11) is 0. The highest BCUT2D eigenvalue weighted by molar-refractivity contribution is 6.52. The molecule has 5 nitrogen and oxygen atoms in total. The lowest BCUT2D eigenvalue weighted by molar-refractivity contribution is -0.132. The SMILES string of the molecule is Cc1ccc(N2C(=O)C(=O)/C(=C(/O)c3ccccc3)[C@@]2(O)c2ccccc2)c(C)c1. The molecule has 1 amide bonds.